The van der Waals surface area contributed by atoms with Gasteiger partial charge in [0.25, 0.3) is 0 Å². The van der Waals surface area contributed by atoms with Crippen LogP contribution in [0.1, 0.15) is 20.3 Å². The summed E-state index contributed by atoms with van der Waals surface area (Å²) in [6.07, 6.45) is 0.534. The van der Waals surface area contributed by atoms with Gasteiger partial charge < -0.3 is 15.1 Å². The highest BCUT2D eigenvalue weighted by atomic mass is 19.1. The number of halogens is 1. The average molecular weight is 307 g/mol. The molecule has 1 fully saturated rings. The molecule has 1 aromatic rings. The Morgan fingerprint density at radius 2 is 1.91 bits per heavy atom. The molecule has 0 bridgehead atoms. The summed E-state index contributed by atoms with van der Waals surface area (Å²) in [5.41, 5.74) is 0.633. The standard InChI is InChI=1S/C17H26FN3O/c1-14(2)13-19-8-7-17(22)21-11-9-20(10-12-21)16-6-4-3-5-15(16)18/h3-6,14,19H,7-13H2,1-2H3. The number of benzene rings is 1. The average Bonchev–Trinajstić information content (AvgIpc) is 2.52. The molecule has 4 nitrogen and oxygen atoms in total. The molecule has 1 amide bonds. The predicted octanol–water partition coefficient (Wildman–Crippen LogP) is 2.11. The first kappa shape index (κ1) is 16.7. The Hall–Kier alpha value is -1.62. The van der Waals surface area contributed by atoms with Crippen molar-refractivity contribution in [2.24, 2.45) is 5.92 Å². The highest BCUT2D eigenvalue weighted by Gasteiger charge is 2.22. The van der Waals surface area contributed by atoms with Crippen LogP contribution in [0.2, 0.25) is 0 Å². The summed E-state index contributed by atoms with van der Waals surface area (Å²) in [5, 5.41) is 3.29. The summed E-state index contributed by atoms with van der Waals surface area (Å²) in [7, 11) is 0. The molecule has 1 aromatic carbocycles. The van der Waals surface area contributed by atoms with E-state index in [0.29, 0.717) is 44.2 Å². The Bertz CT molecular complexity index is 485. The van der Waals surface area contributed by atoms with Gasteiger partial charge in [-0.25, -0.2) is 4.39 Å². The van der Waals surface area contributed by atoms with Crippen LogP contribution in [0.25, 0.3) is 0 Å². The monoisotopic (exact) mass is 307 g/mol. The van der Waals surface area contributed by atoms with E-state index < -0.39 is 0 Å². The molecule has 1 aliphatic heterocycles. The van der Waals surface area contributed by atoms with Gasteiger partial charge in [-0.1, -0.05) is 26.0 Å². The Morgan fingerprint density at radius 3 is 2.55 bits per heavy atom. The van der Waals surface area contributed by atoms with Gasteiger partial charge in [0.1, 0.15) is 5.82 Å². The summed E-state index contributed by atoms with van der Waals surface area (Å²) in [5.74, 6) is 0.587. The van der Waals surface area contributed by atoms with E-state index in [1.807, 2.05) is 15.9 Å². The number of carbonyl (C=O) groups is 1. The van der Waals surface area contributed by atoms with Crippen LogP contribution in [0.3, 0.4) is 0 Å². The number of nitrogens with one attached hydrogen (secondary N) is 1. The second-order valence-electron chi connectivity index (χ2n) is 6.17. The number of piperazine rings is 1. The van der Waals surface area contributed by atoms with Crippen molar-refractivity contribution in [1.29, 1.82) is 0 Å². The third kappa shape index (κ3) is 4.70. The van der Waals surface area contributed by atoms with Gasteiger partial charge >= 0.3 is 0 Å². The lowest BCUT2D eigenvalue weighted by molar-refractivity contribution is -0.131. The Labute approximate surface area is 132 Å². The zero-order chi connectivity index (χ0) is 15.9. The molecule has 0 atom stereocenters. The van der Waals surface area contributed by atoms with E-state index in [4.69, 9.17) is 0 Å². The topological polar surface area (TPSA) is 35.6 Å². The van der Waals surface area contributed by atoms with E-state index in [1.54, 1.807) is 12.1 Å². The number of anilines is 1. The van der Waals surface area contributed by atoms with Crippen molar-refractivity contribution in [3.05, 3.63) is 30.1 Å². The van der Waals surface area contributed by atoms with Crippen molar-refractivity contribution in [2.75, 3.05) is 44.2 Å². The van der Waals surface area contributed by atoms with Gasteiger partial charge in [0.05, 0.1) is 5.69 Å². The smallest absolute Gasteiger partial charge is 0.223 e. The number of rotatable bonds is 6. The number of hydrogen-bond donors (Lipinski definition) is 1. The van der Waals surface area contributed by atoms with Gasteiger partial charge in [0.2, 0.25) is 5.91 Å². The van der Waals surface area contributed by atoms with E-state index in [2.05, 4.69) is 19.2 Å². The van der Waals surface area contributed by atoms with Gasteiger partial charge in [0, 0.05) is 39.1 Å². The second-order valence-corrected chi connectivity index (χ2v) is 6.17. The first-order valence-corrected chi connectivity index (χ1v) is 8.06. The summed E-state index contributed by atoms with van der Waals surface area (Å²) in [4.78, 5) is 16.0. The Balaban J connectivity index is 1.75. The molecule has 1 N–H and O–H groups in total. The highest BCUT2D eigenvalue weighted by Crippen LogP contribution is 2.20. The molecule has 22 heavy (non-hydrogen) atoms. The minimum absolute atomic E-state index is 0.185. The molecule has 0 aliphatic carbocycles. The molecule has 0 saturated carbocycles. The molecule has 2 rings (SSSR count). The zero-order valence-corrected chi connectivity index (χ0v) is 13.5. The number of carbonyl (C=O) groups excluding carboxylic acids is 1. The molecule has 0 radical (unpaired) electrons. The van der Waals surface area contributed by atoms with Crippen molar-refractivity contribution in [1.82, 2.24) is 10.2 Å². The van der Waals surface area contributed by atoms with E-state index >= 15 is 0 Å². The van der Waals surface area contributed by atoms with Crippen LogP contribution in [-0.2, 0) is 4.79 Å². The maximum Gasteiger partial charge on any atom is 0.223 e. The molecule has 1 saturated heterocycles. The Morgan fingerprint density at radius 1 is 1.23 bits per heavy atom. The van der Waals surface area contributed by atoms with Crippen LogP contribution in [0.4, 0.5) is 10.1 Å². The first-order valence-electron chi connectivity index (χ1n) is 8.06. The SMILES string of the molecule is CC(C)CNCCC(=O)N1CCN(c2ccccc2F)CC1. The lowest BCUT2D eigenvalue weighted by Crippen LogP contribution is -2.49. The minimum atomic E-state index is -0.194. The quantitative estimate of drug-likeness (QED) is 0.818. The van der Waals surface area contributed by atoms with Crippen LogP contribution < -0.4 is 10.2 Å². The maximum atomic E-state index is 13.8. The van der Waals surface area contributed by atoms with E-state index in [0.717, 1.165) is 13.1 Å². The van der Waals surface area contributed by atoms with Crippen molar-refractivity contribution in [3.63, 3.8) is 0 Å². The molecule has 1 heterocycles. The summed E-state index contributed by atoms with van der Waals surface area (Å²) >= 11 is 0. The number of hydrogen-bond acceptors (Lipinski definition) is 3. The summed E-state index contributed by atoms with van der Waals surface area (Å²) < 4.78 is 13.8. The number of nitrogens with zero attached hydrogens (tertiary/aromatic N) is 2. The van der Waals surface area contributed by atoms with Crippen molar-refractivity contribution < 1.29 is 9.18 Å². The molecule has 1 aliphatic rings. The second kappa shape index (κ2) is 8.13. The molecule has 0 spiro atoms. The fourth-order valence-corrected chi connectivity index (χ4v) is 2.65. The van der Waals surface area contributed by atoms with Gasteiger partial charge in [0.15, 0.2) is 0 Å². The normalized spacial score (nSPS) is 15.5. The van der Waals surface area contributed by atoms with Crippen LogP contribution in [0, 0.1) is 11.7 Å². The van der Waals surface area contributed by atoms with Crippen molar-refractivity contribution in [2.45, 2.75) is 20.3 Å². The largest absolute Gasteiger partial charge is 0.366 e. The zero-order valence-electron chi connectivity index (χ0n) is 13.5. The fraction of sp³-hybridized carbons (Fsp3) is 0.588. The van der Waals surface area contributed by atoms with Crippen LogP contribution in [-0.4, -0.2) is 50.1 Å². The third-order valence-corrected chi connectivity index (χ3v) is 3.89. The molecule has 0 unspecified atom stereocenters. The molecule has 5 heteroatoms. The minimum Gasteiger partial charge on any atom is -0.366 e. The predicted molar refractivity (Wildman–Crippen MR) is 87.5 cm³/mol. The highest BCUT2D eigenvalue weighted by molar-refractivity contribution is 5.76. The molecule has 0 aromatic heterocycles. The van der Waals surface area contributed by atoms with E-state index in [9.17, 15) is 9.18 Å². The fourth-order valence-electron chi connectivity index (χ4n) is 2.65. The lowest BCUT2D eigenvalue weighted by Gasteiger charge is -2.36. The molecular formula is C17H26FN3O. The van der Waals surface area contributed by atoms with Crippen LogP contribution in [0.15, 0.2) is 24.3 Å². The summed E-state index contributed by atoms with van der Waals surface area (Å²) in [6, 6.07) is 6.81. The van der Waals surface area contributed by atoms with Gasteiger partial charge in [-0.2, -0.15) is 0 Å². The van der Waals surface area contributed by atoms with Crippen molar-refractivity contribution >= 4 is 11.6 Å². The maximum absolute atomic E-state index is 13.8. The molecular weight excluding hydrogens is 281 g/mol. The van der Waals surface area contributed by atoms with E-state index in [-0.39, 0.29) is 11.7 Å². The van der Waals surface area contributed by atoms with Crippen LogP contribution in [0.5, 0.6) is 0 Å². The Kier molecular flexibility index (Phi) is 6.19. The third-order valence-electron chi connectivity index (χ3n) is 3.89. The lowest BCUT2D eigenvalue weighted by atomic mass is 10.2. The first-order chi connectivity index (χ1) is 10.6. The number of para-hydroxylation sites is 1. The van der Waals surface area contributed by atoms with Crippen molar-refractivity contribution in [3.8, 4) is 0 Å². The van der Waals surface area contributed by atoms with Crippen LogP contribution >= 0.6 is 0 Å². The summed E-state index contributed by atoms with van der Waals surface area (Å²) in [6.45, 7) is 8.67. The molecule has 122 valence electrons. The van der Waals surface area contributed by atoms with E-state index in [1.165, 1.54) is 6.07 Å². The van der Waals surface area contributed by atoms with Gasteiger partial charge in [-0.15, -0.1) is 0 Å². The van der Waals surface area contributed by atoms with Gasteiger partial charge in [-0.05, 0) is 24.6 Å². The number of amides is 1. The van der Waals surface area contributed by atoms with Gasteiger partial charge in [-0.3, -0.25) is 4.79 Å².